The molecule has 8 heteroatoms. The van der Waals surface area contributed by atoms with Gasteiger partial charge in [-0.3, -0.25) is 9.59 Å². The quantitative estimate of drug-likeness (QED) is 0.306. The number of hydrogen-bond donors (Lipinski definition) is 3. The molecule has 1 aliphatic rings. The Balaban J connectivity index is 1.11. The number of thiazole rings is 1. The SMILES string of the molecule is O=C(NCCNCc1cc2ccccc2s1)c1ccc2nc(NC(=O)C3CCCC3)sc2c1. The first-order valence-corrected chi connectivity index (χ1v) is 13.0. The van der Waals surface area contributed by atoms with Crippen LogP contribution in [0.15, 0.2) is 48.5 Å². The maximum Gasteiger partial charge on any atom is 0.251 e. The summed E-state index contributed by atoms with van der Waals surface area (Å²) in [6.07, 6.45) is 4.16. The molecule has 3 N–H and O–H groups in total. The zero-order valence-electron chi connectivity index (χ0n) is 18.2. The van der Waals surface area contributed by atoms with E-state index in [1.54, 1.807) is 17.4 Å². The highest BCUT2D eigenvalue weighted by molar-refractivity contribution is 7.22. The van der Waals surface area contributed by atoms with E-state index in [1.807, 2.05) is 12.1 Å². The van der Waals surface area contributed by atoms with Gasteiger partial charge in [0.1, 0.15) is 0 Å². The van der Waals surface area contributed by atoms with Gasteiger partial charge in [0, 0.05) is 40.7 Å². The molecule has 0 atom stereocenters. The molecule has 2 heterocycles. The molecule has 5 rings (SSSR count). The number of hydrogen-bond acceptors (Lipinski definition) is 6. The first-order valence-electron chi connectivity index (χ1n) is 11.3. The molecule has 0 aliphatic heterocycles. The second-order valence-corrected chi connectivity index (χ2v) is 10.6. The minimum absolute atomic E-state index is 0.0627. The van der Waals surface area contributed by atoms with E-state index in [4.69, 9.17) is 0 Å². The van der Waals surface area contributed by atoms with Crippen molar-refractivity contribution in [1.82, 2.24) is 15.6 Å². The number of thiophene rings is 1. The Labute approximate surface area is 200 Å². The van der Waals surface area contributed by atoms with Crippen LogP contribution in [0.3, 0.4) is 0 Å². The predicted octanol–water partition coefficient (Wildman–Crippen LogP) is 5.16. The van der Waals surface area contributed by atoms with Gasteiger partial charge in [-0.25, -0.2) is 4.98 Å². The molecule has 6 nitrogen and oxygen atoms in total. The van der Waals surface area contributed by atoms with Crippen LogP contribution in [0.25, 0.3) is 20.3 Å². The molecule has 1 fully saturated rings. The summed E-state index contributed by atoms with van der Waals surface area (Å²) in [5.74, 6) is 0.0593. The highest BCUT2D eigenvalue weighted by atomic mass is 32.1. The van der Waals surface area contributed by atoms with Crippen molar-refractivity contribution in [3.8, 4) is 0 Å². The van der Waals surface area contributed by atoms with Crippen LogP contribution in [0.1, 0.15) is 40.9 Å². The standard InChI is InChI=1S/C25H26N4O2S2/c30-23(27-12-11-26-15-19-13-17-7-3-4-8-21(17)32-19)18-9-10-20-22(14-18)33-25(28-20)29-24(31)16-5-1-2-6-16/h3-4,7-10,13-14,16,26H,1-2,5-6,11-12,15H2,(H,27,30)(H,28,29,31). The molecule has 1 aliphatic carbocycles. The molecule has 0 spiro atoms. The number of anilines is 1. The lowest BCUT2D eigenvalue weighted by atomic mass is 10.1. The van der Waals surface area contributed by atoms with Crippen LogP contribution < -0.4 is 16.0 Å². The lowest BCUT2D eigenvalue weighted by Gasteiger charge is -2.07. The third-order valence-electron chi connectivity index (χ3n) is 5.97. The van der Waals surface area contributed by atoms with E-state index in [1.165, 1.54) is 26.3 Å². The van der Waals surface area contributed by atoms with Crippen molar-refractivity contribution >= 4 is 59.9 Å². The van der Waals surface area contributed by atoms with Gasteiger partial charge in [-0.2, -0.15) is 0 Å². The average Bonchev–Trinajstić information content (AvgIpc) is 3.56. The minimum Gasteiger partial charge on any atom is -0.351 e. The molecule has 0 unspecified atom stereocenters. The Morgan fingerprint density at radius 1 is 0.970 bits per heavy atom. The number of nitrogens with zero attached hydrogens (tertiary/aromatic N) is 1. The average molecular weight is 479 g/mol. The van der Waals surface area contributed by atoms with Crippen molar-refractivity contribution in [3.63, 3.8) is 0 Å². The Kier molecular flexibility index (Phi) is 6.66. The number of rotatable bonds is 8. The molecule has 0 saturated heterocycles. The van der Waals surface area contributed by atoms with Crippen LogP contribution in [0.5, 0.6) is 0 Å². The van der Waals surface area contributed by atoms with Crippen molar-refractivity contribution in [3.05, 3.63) is 59.0 Å². The summed E-state index contributed by atoms with van der Waals surface area (Å²) >= 11 is 3.20. The Morgan fingerprint density at radius 2 is 1.82 bits per heavy atom. The Bertz CT molecular complexity index is 1260. The predicted molar refractivity (Wildman–Crippen MR) is 136 cm³/mol. The molecular weight excluding hydrogens is 452 g/mol. The summed E-state index contributed by atoms with van der Waals surface area (Å²) in [4.78, 5) is 30.7. The fourth-order valence-electron chi connectivity index (χ4n) is 4.22. The number of nitrogens with one attached hydrogen (secondary N) is 3. The Hall–Kier alpha value is -2.81. The van der Waals surface area contributed by atoms with E-state index in [0.717, 1.165) is 42.4 Å². The van der Waals surface area contributed by atoms with Gasteiger partial charge >= 0.3 is 0 Å². The largest absolute Gasteiger partial charge is 0.351 e. The van der Waals surface area contributed by atoms with Crippen molar-refractivity contribution in [1.29, 1.82) is 0 Å². The number of carbonyl (C=O) groups is 2. The maximum atomic E-state index is 12.6. The second-order valence-electron chi connectivity index (χ2n) is 8.36. The van der Waals surface area contributed by atoms with Crippen molar-refractivity contribution in [2.24, 2.45) is 5.92 Å². The van der Waals surface area contributed by atoms with Gasteiger partial charge in [0.15, 0.2) is 5.13 Å². The molecule has 1 saturated carbocycles. The first-order chi connectivity index (χ1) is 16.2. The minimum atomic E-state index is -0.106. The van der Waals surface area contributed by atoms with Crippen molar-refractivity contribution in [2.45, 2.75) is 32.2 Å². The highest BCUT2D eigenvalue weighted by Crippen LogP contribution is 2.30. The molecule has 170 valence electrons. The maximum absolute atomic E-state index is 12.6. The van der Waals surface area contributed by atoms with Crippen LogP contribution in [-0.4, -0.2) is 29.9 Å². The van der Waals surface area contributed by atoms with Crippen LogP contribution in [0.4, 0.5) is 5.13 Å². The van der Waals surface area contributed by atoms with E-state index >= 15 is 0 Å². The number of carbonyl (C=O) groups excluding carboxylic acids is 2. The zero-order chi connectivity index (χ0) is 22.6. The monoisotopic (exact) mass is 478 g/mol. The number of aromatic nitrogens is 1. The van der Waals surface area contributed by atoms with E-state index in [-0.39, 0.29) is 17.7 Å². The van der Waals surface area contributed by atoms with Crippen LogP contribution in [0.2, 0.25) is 0 Å². The summed E-state index contributed by atoms with van der Waals surface area (Å²) < 4.78 is 2.19. The summed E-state index contributed by atoms with van der Waals surface area (Å²) in [6, 6.07) is 16.0. The topological polar surface area (TPSA) is 83.1 Å². The van der Waals surface area contributed by atoms with Gasteiger partial charge in [0.25, 0.3) is 5.91 Å². The van der Waals surface area contributed by atoms with E-state index in [0.29, 0.717) is 23.8 Å². The fourth-order valence-corrected chi connectivity index (χ4v) is 6.16. The van der Waals surface area contributed by atoms with Crippen LogP contribution in [-0.2, 0) is 11.3 Å². The molecule has 2 amide bonds. The summed E-state index contributed by atoms with van der Waals surface area (Å²) in [7, 11) is 0. The smallest absolute Gasteiger partial charge is 0.251 e. The van der Waals surface area contributed by atoms with Crippen molar-refractivity contribution < 1.29 is 9.59 Å². The summed E-state index contributed by atoms with van der Waals surface area (Å²) in [5, 5.41) is 11.2. The zero-order valence-corrected chi connectivity index (χ0v) is 19.9. The molecule has 0 bridgehead atoms. The molecular formula is C25H26N4O2S2. The van der Waals surface area contributed by atoms with Gasteiger partial charge in [0.2, 0.25) is 5.91 Å². The Morgan fingerprint density at radius 3 is 2.67 bits per heavy atom. The van der Waals surface area contributed by atoms with E-state index < -0.39 is 0 Å². The lowest BCUT2D eigenvalue weighted by Crippen LogP contribution is -2.31. The normalized spacial score (nSPS) is 14.2. The highest BCUT2D eigenvalue weighted by Gasteiger charge is 2.23. The molecule has 33 heavy (non-hydrogen) atoms. The molecule has 2 aromatic carbocycles. The molecule has 4 aromatic rings. The van der Waals surface area contributed by atoms with Gasteiger partial charge in [-0.1, -0.05) is 42.4 Å². The van der Waals surface area contributed by atoms with Gasteiger partial charge in [-0.15, -0.1) is 11.3 Å². The third kappa shape index (κ3) is 5.24. The first kappa shape index (κ1) is 22.0. The van der Waals surface area contributed by atoms with Gasteiger partial charge < -0.3 is 16.0 Å². The summed E-state index contributed by atoms with van der Waals surface area (Å²) in [5.41, 5.74) is 1.40. The molecule has 0 radical (unpaired) electrons. The van der Waals surface area contributed by atoms with Crippen molar-refractivity contribution in [2.75, 3.05) is 18.4 Å². The van der Waals surface area contributed by atoms with Crippen LogP contribution >= 0.6 is 22.7 Å². The van der Waals surface area contributed by atoms with Crippen LogP contribution in [0, 0.1) is 5.92 Å². The number of benzene rings is 2. The van der Waals surface area contributed by atoms with Gasteiger partial charge in [-0.05, 0) is 48.6 Å². The van der Waals surface area contributed by atoms with E-state index in [2.05, 4.69) is 51.3 Å². The third-order valence-corrected chi connectivity index (χ3v) is 8.02. The van der Waals surface area contributed by atoms with Gasteiger partial charge in [0.05, 0.1) is 10.2 Å². The fraction of sp³-hybridized carbons (Fsp3) is 0.320. The second kappa shape index (κ2) is 9.99. The lowest BCUT2D eigenvalue weighted by molar-refractivity contribution is -0.119. The van der Waals surface area contributed by atoms with E-state index in [9.17, 15) is 9.59 Å². The molecule has 2 aromatic heterocycles. The summed E-state index contributed by atoms with van der Waals surface area (Å²) in [6.45, 7) is 2.03. The number of fused-ring (bicyclic) bond motifs is 2. The number of amides is 2.